The maximum atomic E-state index is 10.8. The van der Waals surface area contributed by atoms with Crippen LogP contribution in [0.2, 0.25) is 0 Å². The Labute approximate surface area is 117 Å². The van der Waals surface area contributed by atoms with E-state index in [1.165, 1.54) is 6.07 Å². The average Bonchev–Trinajstić information content (AvgIpc) is 2.97. The normalized spacial score (nSPS) is 10.8. The number of nitro benzene ring substituents is 1. The van der Waals surface area contributed by atoms with Gasteiger partial charge in [0.1, 0.15) is 0 Å². The van der Waals surface area contributed by atoms with Crippen LogP contribution in [-0.4, -0.2) is 48.8 Å². The fourth-order valence-corrected chi connectivity index (χ4v) is 3.16. The molecule has 2 heterocycles. The summed E-state index contributed by atoms with van der Waals surface area (Å²) in [6.45, 7) is 0. The molecule has 0 fully saturated rings. The molecule has 0 aliphatic rings. The molecule has 0 bridgehead atoms. The minimum absolute atomic E-state index is 0.0743. The van der Waals surface area contributed by atoms with Gasteiger partial charge in [0.15, 0.2) is 0 Å². The molecule has 8 heteroatoms. The van der Waals surface area contributed by atoms with E-state index in [0.29, 0.717) is 26.1 Å². The van der Waals surface area contributed by atoms with Crippen LogP contribution in [0.4, 0.5) is 5.69 Å². The van der Waals surface area contributed by atoms with Crippen LogP contribution in [-0.2, 0) is 0 Å². The summed E-state index contributed by atoms with van der Waals surface area (Å²) in [5, 5.41) is 22.6. The average molecular weight is 433 g/mol. The second-order valence-corrected chi connectivity index (χ2v) is 5.64. The summed E-state index contributed by atoms with van der Waals surface area (Å²) in [5.41, 5.74) is 2.55. The summed E-state index contributed by atoms with van der Waals surface area (Å²) in [7, 11) is 0. The van der Waals surface area contributed by atoms with Crippen molar-refractivity contribution in [2.45, 2.75) is 0 Å². The van der Waals surface area contributed by atoms with Crippen molar-refractivity contribution < 1.29 is 4.92 Å². The summed E-state index contributed by atoms with van der Waals surface area (Å²) < 4.78 is 1.86. The van der Waals surface area contributed by atoms with Crippen LogP contribution < -0.4 is 0 Å². The van der Waals surface area contributed by atoms with Gasteiger partial charge in [0, 0.05) is 0 Å². The van der Waals surface area contributed by atoms with Gasteiger partial charge >= 0.3 is 117 Å². The van der Waals surface area contributed by atoms with Crippen LogP contribution in [0, 0.1) is 10.1 Å². The van der Waals surface area contributed by atoms with E-state index in [0.717, 1.165) is 22.2 Å². The topological polar surface area (TPSA) is 89.6 Å². The van der Waals surface area contributed by atoms with Crippen molar-refractivity contribution in [3.05, 3.63) is 40.7 Å². The van der Waals surface area contributed by atoms with Crippen LogP contribution in [0.25, 0.3) is 22.2 Å². The monoisotopic (exact) mass is 433 g/mol. The van der Waals surface area contributed by atoms with Gasteiger partial charge in [-0.1, -0.05) is 0 Å². The Balaban J connectivity index is 2.32. The minimum atomic E-state index is -0.398. The predicted molar refractivity (Wildman–Crippen MR) is 65.1 cm³/mol. The molecule has 0 aliphatic heterocycles. The number of benzene rings is 1. The van der Waals surface area contributed by atoms with Crippen LogP contribution >= 0.6 is 0 Å². The van der Waals surface area contributed by atoms with E-state index in [4.69, 9.17) is 0 Å². The summed E-state index contributed by atoms with van der Waals surface area (Å²) in [6.07, 6.45) is 3.39. The number of hydrogen-bond acceptors (Lipinski definition) is 4. The first kappa shape index (κ1) is 11.3. The van der Waals surface area contributed by atoms with Crippen LogP contribution in [0.1, 0.15) is 0 Å². The zero-order valence-electron chi connectivity index (χ0n) is 9.07. The van der Waals surface area contributed by atoms with E-state index < -0.39 is 4.92 Å². The first-order chi connectivity index (χ1) is 8.66. The van der Waals surface area contributed by atoms with Gasteiger partial charge in [0.05, 0.1) is 0 Å². The van der Waals surface area contributed by atoms with Crippen LogP contribution in [0.5, 0.6) is 0 Å². The number of fused-ring (bicyclic) bond motifs is 1. The maximum absolute atomic E-state index is 10.8. The molecule has 0 saturated heterocycles. The van der Waals surface area contributed by atoms with E-state index in [2.05, 4.69) is 15.3 Å². The third kappa shape index (κ3) is 1.70. The van der Waals surface area contributed by atoms with E-state index in [-0.39, 0.29) is 5.69 Å². The number of nitro groups is 1. The zero-order chi connectivity index (χ0) is 12.7. The van der Waals surface area contributed by atoms with E-state index in [9.17, 15) is 10.1 Å². The Bertz CT molecular complexity index is 734. The molecule has 1 aromatic carbocycles. The summed E-state index contributed by atoms with van der Waals surface area (Å²) in [6, 6.07) is 4.80. The molecular formula is C10H6N5O2Tl. The van der Waals surface area contributed by atoms with Crippen molar-refractivity contribution in [1.82, 2.24) is 17.8 Å². The SMILES string of the molecule is O=[N+]([O-])c1ccc2c(c1)c(-c1cn[nH]c1)n[n]2[Tl]. The second kappa shape index (κ2) is 4.15. The summed E-state index contributed by atoms with van der Waals surface area (Å²) >= 11 is 0.500. The van der Waals surface area contributed by atoms with Crippen LogP contribution in [0.3, 0.4) is 0 Å². The first-order valence-corrected chi connectivity index (χ1v) is 7.09. The van der Waals surface area contributed by atoms with Gasteiger partial charge in [-0.3, -0.25) is 0 Å². The number of rotatable bonds is 2. The Morgan fingerprint density at radius 2 is 2.28 bits per heavy atom. The number of non-ortho nitro benzene ring substituents is 1. The summed E-state index contributed by atoms with van der Waals surface area (Å²) in [4.78, 5) is 10.4. The van der Waals surface area contributed by atoms with Crippen LogP contribution in [0.15, 0.2) is 30.6 Å². The molecule has 0 radical (unpaired) electrons. The van der Waals surface area contributed by atoms with Crippen molar-refractivity contribution in [2.75, 3.05) is 0 Å². The molecule has 1 N–H and O–H groups in total. The zero-order valence-corrected chi connectivity index (χ0v) is 13.6. The van der Waals surface area contributed by atoms with Crippen molar-refractivity contribution >= 4 is 42.7 Å². The Morgan fingerprint density at radius 1 is 1.44 bits per heavy atom. The fourth-order valence-electron chi connectivity index (χ4n) is 1.84. The molecule has 2 aromatic heterocycles. The third-order valence-electron chi connectivity index (χ3n) is 2.67. The number of hydrogen-bond donors (Lipinski definition) is 1. The standard InChI is InChI=1S/C10H6N5O2.Tl/c16-15(17)7-1-2-9-8(3-7)10(14-13-9)6-4-11-12-5-6;/h1-5H,(H-,11,12,13,14);/q-1;+1. The predicted octanol–water partition coefficient (Wildman–Crippen LogP) is 1.27. The second-order valence-electron chi connectivity index (χ2n) is 3.74. The molecule has 18 heavy (non-hydrogen) atoms. The van der Waals surface area contributed by atoms with Gasteiger partial charge in [-0.2, -0.15) is 0 Å². The summed E-state index contributed by atoms with van der Waals surface area (Å²) in [5.74, 6) is 0. The molecule has 0 amide bonds. The van der Waals surface area contributed by atoms with Gasteiger partial charge in [-0.15, -0.1) is 0 Å². The van der Waals surface area contributed by atoms with Gasteiger partial charge < -0.3 is 0 Å². The molecule has 0 atom stereocenters. The number of nitrogens with zero attached hydrogens (tertiary/aromatic N) is 4. The molecule has 3 rings (SSSR count). The van der Waals surface area contributed by atoms with E-state index >= 15 is 0 Å². The van der Waals surface area contributed by atoms with E-state index in [1.807, 2.05) is 2.49 Å². The molecule has 3 aromatic rings. The molecular weight excluding hydrogens is 427 g/mol. The molecule has 0 unspecified atom stereocenters. The third-order valence-corrected chi connectivity index (χ3v) is 4.20. The number of aromatic nitrogens is 4. The quantitative estimate of drug-likeness (QED) is 0.375. The van der Waals surface area contributed by atoms with Crippen molar-refractivity contribution in [3.63, 3.8) is 0 Å². The van der Waals surface area contributed by atoms with Crippen molar-refractivity contribution in [2.24, 2.45) is 0 Å². The number of H-pyrrole nitrogens is 1. The number of nitrogens with one attached hydrogen (secondary N) is 1. The fraction of sp³-hybridized carbons (Fsp3) is 0. The number of aromatic amines is 1. The first-order valence-electron chi connectivity index (χ1n) is 5.08. The molecule has 7 nitrogen and oxygen atoms in total. The molecule has 0 saturated carbocycles. The molecule has 0 spiro atoms. The van der Waals surface area contributed by atoms with Crippen molar-refractivity contribution in [3.8, 4) is 11.3 Å². The van der Waals surface area contributed by atoms with Crippen molar-refractivity contribution in [1.29, 1.82) is 0 Å². The molecule has 0 aliphatic carbocycles. The Kier molecular flexibility index (Phi) is 2.61. The molecule has 86 valence electrons. The van der Waals surface area contributed by atoms with Gasteiger partial charge in [-0.25, -0.2) is 0 Å². The van der Waals surface area contributed by atoms with Gasteiger partial charge in [-0.05, 0) is 0 Å². The van der Waals surface area contributed by atoms with Gasteiger partial charge in [0.2, 0.25) is 0 Å². The van der Waals surface area contributed by atoms with Gasteiger partial charge in [0.25, 0.3) is 0 Å². The van der Waals surface area contributed by atoms with E-state index in [1.54, 1.807) is 24.5 Å². The Hall–Kier alpha value is -1.78. The Morgan fingerprint density at radius 3 is 2.94 bits per heavy atom.